The molecule has 1 heterocycles. The van der Waals surface area contributed by atoms with Crippen molar-refractivity contribution in [1.29, 1.82) is 0 Å². The highest BCUT2D eigenvalue weighted by Crippen LogP contribution is 2.36. The molecule has 3 rings (SSSR count). The van der Waals surface area contributed by atoms with Crippen molar-refractivity contribution in [3.63, 3.8) is 0 Å². The van der Waals surface area contributed by atoms with Crippen LogP contribution in [-0.2, 0) is 14.8 Å². The molecule has 1 amide bonds. The number of hydrogen-bond acceptors (Lipinski definition) is 8. The van der Waals surface area contributed by atoms with Gasteiger partial charge in [-0.1, -0.05) is 0 Å². The van der Waals surface area contributed by atoms with Crippen LogP contribution >= 0.6 is 0 Å². The zero-order valence-corrected chi connectivity index (χ0v) is 17.7. The van der Waals surface area contributed by atoms with E-state index in [-0.39, 0.29) is 43.3 Å². The normalized spacial score (nSPS) is 12.3. The van der Waals surface area contributed by atoms with Gasteiger partial charge in [-0.05, 0) is 24.6 Å². The number of ether oxygens (including phenoxy) is 3. The standard InChI is InChI=1S/C19H21N3O8S/c1-28-16-7-6-14(22(24)25)10-15(16)20-19(23)4-3-9-21(31(2,26)27)13-5-8-17-18(11-13)30-12-29-17/h5-8,10-11H,3-4,9,12H2,1-2H3,(H,20,23). The molecule has 1 aliphatic heterocycles. The number of hydrogen-bond donors (Lipinski definition) is 1. The molecule has 0 aliphatic carbocycles. The topological polar surface area (TPSA) is 137 Å². The quantitative estimate of drug-likeness (QED) is 0.453. The number of sulfonamides is 1. The molecular formula is C19H21N3O8S. The number of benzene rings is 2. The maximum absolute atomic E-state index is 12.3. The second-order valence-electron chi connectivity index (χ2n) is 6.67. The lowest BCUT2D eigenvalue weighted by atomic mass is 10.2. The molecule has 1 N–H and O–H groups in total. The Morgan fingerprint density at radius 3 is 2.65 bits per heavy atom. The van der Waals surface area contributed by atoms with Gasteiger partial charge < -0.3 is 19.5 Å². The number of nitrogens with zero attached hydrogens (tertiary/aromatic N) is 2. The van der Waals surface area contributed by atoms with Crippen LogP contribution in [0.3, 0.4) is 0 Å². The van der Waals surface area contributed by atoms with Gasteiger partial charge in [0.05, 0.1) is 29.7 Å². The average Bonchev–Trinajstić information content (AvgIpc) is 3.18. The Morgan fingerprint density at radius 1 is 1.23 bits per heavy atom. The molecule has 0 spiro atoms. The van der Waals surface area contributed by atoms with E-state index >= 15 is 0 Å². The maximum atomic E-state index is 12.3. The molecule has 0 saturated carbocycles. The van der Waals surface area contributed by atoms with Crippen molar-refractivity contribution in [3.05, 3.63) is 46.5 Å². The minimum absolute atomic E-state index is 0.0115. The summed E-state index contributed by atoms with van der Waals surface area (Å²) in [5.41, 5.74) is 0.368. The molecule has 0 fully saturated rings. The van der Waals surface area contributed by atoms with Gasteiger partial charge >= 0.3 is 0 Å². The summed E-state index contributed by atoms with van der Waals surface area (Å²) in [5.74, 6) is 0.819. The lowest BCUT2D eigenvalue weighted by Gasteiger charge is -2.22. The lowest BCUT2D eigenvalue weighted by Crippen LogP contribution is -2.31. The average molecular weight is 451 g/mol. The van der Waals surface area contributed by atoms with E-state index in [1.165, 1.54) is 29.6 Å². The fraction of sp³-hybridized carbons (Fsp3) is 0.316. The predicted octanol–water partition coefficient (Wildman–Crippen LogP) is 2.52. The monoisotopic (exact) mass is 451 g/mol. The highest BCUT2D eigenvalue weighted by Gasteiger charge is 2.22. The van der Waals surface area contributed by atoms with Gasteiger partial charge in [0.1, 0.15) is 5.75 Å². The van der Waals surface area contributed by atoms with Crippen LogP contribution in [0.2, 0.25) is 0 Å². The number of amides is 1. The first-order valence-electron chi connectivity index (χ1n) is 9.18. The van der Waals surface area contributed by atoms with Gasteiger partial charge in [0.25, 0.3) is 5.69 Å². The summed E-state index contributed by atoms with van der Waals surface area (Å²) in [6, 6.07) is 8.64. The molecule has 0 saturated heterocycles. The first kappa shape index (κ1) is 22.2. The summed E-state index contributed by atoms with van der Waals surface area (Å²) >= 11 is 0. The predicted molar refractivity (Wildman–Crippen MR) is 112 cm³/mol. The van der Waals surface area contributed by atoms with Crippen molar-refractivity contribution in [2.45, 2.75) is 12.8 Å². The molecule has 2 aromatic rings. The Morgan fingerprint density at radius 2 is 1.97 bits per heavy atom. The third kappa shape index (κ3) is 5.34. The Labute approximate surface area is 178 Å². The molecule has 0 unspecified atom stereocenters. The van der Waals surface area contributed by atoms with Gasteiger partial charge in [-0.3, -0.25) is 19.2 Å². The molecule has 1 aliphatic rings. The van der Waals surface area contributed by atoms with Crippen LogP contribution in [0.5, 0.6) is 17.2 Å². The van der Waals surface area contributed by atoms with Crippen LogP contribution in [0.15, 0.2) is 36.4 Å². The zero-order valence-electron chi connectivity index (χ0n) is 16.9. The van der Waals surface area contributed by atoms with Crippen LogP contribution in [-0.4, -0.2) is 46.0 Å². The van der Waals surface area contributed by atoms with Crippen molar-refractivity contribution < 1.29 is 32.3 Å². The number of methoxy groups -OCH3 is 1. The third-order valence-corrected chi connectivity index (χ3v) is 5.67. The van der Waals surface area contributed by atoms with Gasteiger partial charge in [0.2, 0.25) is 22.7 Å². The van der Waals surface area contributed by atoms with Crippen molar-refractivity contribution in [3.8, 4) is 17.2 Å². The van der Waals surface area contributed by atoms with E-state index in [0.717, 1.165) is 6.26 Å². The highest BCUT2D eigenvalue weighted by molar-refractivity contribution is 7.92. The van der Waals surface area contributed by atoms with E-state index < -0.39 is 20.9 Å². The summed E-state index contributed by atoms with van der Waals surface area (Å²) < 4.78 is 41.3. The molecule has 0 aromatic heterocycles. The number of fused-ring (bicyclic) bond motifs is 1. The number of nitro benzene ring substituents is 1. The molecule has 0 atom stereocenters. The van der Waals surface area contributed by atoms with Gasteiger partial charge in [0, 0.05) is 31.2 Å². The zero-order chi connectivity index (χ0) is 22.6. The molecule has 31 heavy (non-hydrogen) atoms. The van der Waals surface area contributed by atoms with E-state index in [0.29, 0.717) is 17.2 Å². The minimum Gasteiger partial charge on any atom is -0.495 e. The Kier molecular flexibility index (Phi) is 6.49. The summed E-state index contributed by atoms with van der Waals surface area (Å²) in [7, 11) is -2.23. The van der Waals surface area contributed by atoms with Crippen molar-refractivity contribution in [2.75, 3.05) is 36.3 Å². The van der Waals surface area contributed by atoms with Crippen LogP contribution in [0.25, 0.3) is 0 Å². The smallest absolute Gasteiger partial charge is 0.271 e. The van der Waals surface area contributed by atoms with Crippen LogP contribution in [0, 0.1) is 10.1 Å². The van der Waals surface area contributed by atoms with Crippen LogP contribution < -0.4 is 23.8 Å². The number of nitro groups is 1. The Balaban J connectivity index is 1.65. The van der Waals surface area contributed by atoms with E-state index in [1.807, 2.05) is 0 Å². The maximum Gasteiger partial charge on any atom is 0.271 e. The fourth-order valence-electron chi connectivity index (χ4n) is 3.03. The second kappa shape index (κ2) is 9.08. The van der Waals surface area contributed by atoms with Crippen LogP contribution in [0.1, 0.15) is 12.8 Å². The van der Waals surface area contributed by atoms with E-state index in [9.17, 15) is 23.3 Å². The SMILES string of the molecule is COc1ccc([N+](=O)[O-])cc1NC(=O)CCCN(c1ccc2c(c1)OCO2)S(C)(=O)=O. The highest BCUT2D eigenvalue weighted by atomic mass is 32.2. The lowest BCUT2D eigenvalue weighted by molar-refractivity contribution is -0.384. The number of nitrogens with one attached hydrogen (secondary N) is 1. The molecule has 2 aromatic carbocycles. The molecule has 0 radical (unpaired) electrons. The molecule has 166 valence electrons. The van der Waals surface area contributed by atoms with E-state index in [4.69, 9.17) is 14.2 Å². The van der Waals surface area contributed by atoms with Crippen molar-refractivity contribution in [2.24, 2.45) is 0 Å². The Bertz CT molecular complexity index is 1100. The van der Waals surface area contributed by atoms with Gasteiger partial charge in [-0.2, -0.15) is 0 Å². The summed E-state index contributed by atoms with van der Waals surface area (Å²) in [5, 5.41) is 13.5. The first-order valence-corrected chi connectivity index (χ1v) is 11.0. The van der Waals surface area contributed by atoms with Gasteiger partial charge in [0.15, 0.2) is 11.5 Å². The van der Waals surface area contributed by atoms with Gasteiger partial charge in [-0.25, -0.2) is 8.42 Å². The first-order chi connectivity index (χ1) is 14.7. The number of non-ortho nitro benzene ring substituents is 1. The Hall–Kier alpha value is -3.54. The van der Waals surface area contributed by atoms with Crippen LogP contribution in [0.4, 0.5) is 17.1 Å². The summed E-state index contributed by atoms with van der Waals surface area (Å²) in [6.45, 7) is 0.122. The summed E-state index contributed by atoms with van der Waals surface area (Å²) in [4.78, 5) is 22.7. The van der Waals surface area contributed by atoms with Crippen molar-refractivity contribution >= 4 is 33.0 Å². The molecule has 12 heteroatoms. The number of carbonyl (C=O) groups excluding carboxylic acids is 1. The summed E-state index contributed by atoms with van der Waals surface area (Å²) in [6.07, 6.45) is 1.28. The number of anilines is 2. The molecule has 0 bridgehead atoms. The minimum atomic E-state index is -3.61. The fourth-order valence-corrected chi connectivity index (χ4v) is 3.99. The molecular weight excluding hydrogens is 430 g/mol. The largest absolute Gasteiger partial charge is 0.495 e. The number of rotatable bonds is 9. The van der Waals surface area contributed by atoms with E-state index in [2.05, 4.69) is 5.32 Å². The van der Waals surface area contributed by atoms with Crippen molar-refractivity contribution in [1.82, 2.24) is 0 Å². The number of carbonyl (C=O) groups is 1. The molecule has 11 nitrogen and oxygen atoms in total. The third-order valence-electron chi connectivity index (χ3n) is 4.48. The van der Waals surface area contributed by atoms with E-state index in [1.54, 1.807) is 18.2 Å². The van der Waals surface area contributed by atoms with Gasteiger partial charge in [-0.15, -0.1) is 0 Å². The second-order valence-corrected chi connectivity index (χ2v) is 8.57.